The number of nitrogens with zero attached hydrogens (tertiary/aromatic N) is 1. The zero-order valence-electron chi connectivity index (χ0n) is 9.92. The second-order valence-corrected chi connectivity index (χ2v) is 5.43. The summed E-state index contributed by atoms with van der Waals surface area (Å²) < 4.78 is 23.8. The molecule has 0 aromatic carbocycles. The number of nitrogens with one attached hydrogen (secondary N) is 1. The summed E-state index contributed by atoms with van der Waals surface area (Å²) >= 11 is 0. The van der Waals surface area contributed by atoms with E-state index in [1.807, 2.05) is 0 Å². The van der Waals surface area contributed by atoms with Crippen molar-refractivity contribution in [1.82, 2.24) is 9.62 Å². The Labute approximate surface area is 101 Å². The molecule has 0 aliphatic rings. The first-order valence-corrected chi connectivity index (χ1v) is 7.24. The number of hydrogen-bond donors (Lipinski definition) is 3. The number of aliphatic hydroxyl groups excluding tert-OH is 2. The summed E-state index contributed by atoms with van der Waals surface area (Å²) in [6, 6.07) is 0. The Morgan fingerprint density at radius 3 is 2.18 bits per heavy atom. The highest BCUT2D eigenvalue weighted by atomic mass is 32.2. The van der Waals surface area contributed by atoms with Crippen molar-refractivity contribution >= 4 is 15.9 Å². The molecule has 0 saturated carbocycles. The Morgan fingerprint density at radius 1 is 1.24 bits per heavy atom. The Balaban J connectivity index is 3.89. The van der Waals surface area contributed by atoms with E-state index in [2.05, 4.69) is 4.72 Å². The zero-order valence-corrected chi connectivity index (χ0v) is 10.7. The Kier molecular flexibility index (Phi) is 8.05. The second-order valence-electron chi connectivity index (χ2n) is 3.60. The molecule has 0 aliphatic carbocycles. The van der Waals surface area contributed by atoms with Crippen molar-refractivity contribution in [2.75, 3.05) is 39.1 Å². The first-order chi connectivity index (χ1) is 7.90. The van der Waals surface area contributed by atoms with Gasteiger partial charge in [-0.2, -0.15) is 0 Å². The molecule has 0 unspecified atom stereocenters. The van der Waals surface area contributed by atoms with E-state index in [0.29, 0.717) is 6.42 Å². The molecule has 7 nitrogen and oxygen atoms in total. The molecule has 0 heterocycles. The van der Waals surface area contributed by atoms with Crippen molar-refractivity contribution in [3.8, 4) is 0 Å². The first kappa shape index (κ1) is 16.3. The van der Waals surface area contributed by atoms with Crippen molar-refractivity contribution in [3.05, 3.63) is 0 Å². The zero-order chi connectivity index (χ0) is 13.3. The number of aliphatic hydroxyl groups is 2. The SMILES string of the molecule is CS(=O)(=O)NCCCC(=O)N(CCO)CCO. The van der Waals surface area contributed by atoms with Crippen LogP contribution in [-0.4, -0.2) is 68.5 Å². The van der Waals surface area contributed by atoms with Gasteiger partial charge >= 0.3 is 0 Å². The molecule has 0 aromatic rings. The van der Waals surface area contributed by atoms with Crippen LogP contribution in [0.1, 0.15) is 12.8 Å². The van der Waals surface area contributed by atoms with Crippen molar-refractivity contribution in [3.63, 3.8) is 0 Å². The molecule has 0 bridgehead atoms. The monoisotopic (exact) mass is 268 g/mol. The number of carbonyl (C=O) groups excluding carboxylic acids is 1. The minimum Gasteiger partial charge on any atom is -0.395 e. The number of rotatable bonds is 9. The van der Waals surface area contributed by atoms with E-state index in [9.17, 15) is 13.2 Å². The van der Waals surface area contributed by atoms with E-state index in [0.717, 1.165) is 6.26 Å². The van der Waals surface area contributed by atoms with Crippen molar-refractivity contribution in [2.45, 2.75) is 12.8 Å². The molecule has 0 saturated heterocycles. The lowest BCUT2D eigenvalue weighted by atomic mass is 10.2. The molecule has 3 N–H and O–H groups in total. The molecular formula is C9H20N2O5S. The van der Waals surface area contributed by atoms with Gasteiger partial charge in [0.25, 0.3) is 0 Å². The van der Waals surface area contributed by atoms with Gasteiger partial charge in [0.2, 0.25) is 15.9 Å². The number of sulfonamides is 1. The summed E-state index contributed by atoms with van der Waals surface area (Å²) in [4.78, 5) is 12.9. The van der Waals surface area contributed by atoms with Crippen molar-refractivity contribution < 1.29 is 23.4 Å². The fourth-order valence-electron chi connectivity index (χ4n) is 1.26. The van der Waals surface area contributed by atoms with Crippen LogP contribution in [0.2, 0.25) is 0 Å². The maximum Gasteiger partial charge on any atom is 0.222 e. The summed E-state index contributed by atoms with van der Waals surface area (Å²) in [6.07, 6.45) is 1.63. The third-order valence-electron chi connectivity index (χ3n) is 2.02. The highest BCUT2D eigenvalue weighted by Gasteiger charge is 2.11. The van der Waals surface area contributed by atoms with Crippen LogP contribution in [0.4, 0.5) is 0 Å². The van der Waals surface area contributed by atoms with E-state index >= 15 is 0 Å². The minimum atomic E-state index is -3.22. The van der Waals surface area contributed by atoms with Gasteiger partial charge in [-0.05, 0) is 6.42 Å². The fourth-order valence-corrected chi connectivity index (χ4v) is 1.77. The van der Waals surface area contributed by atoms with Gasteiger partial charge in [-0.25, -0.2) is 13.1 Å². The lowest BCUT2D eigenvalue weighted by Gasteiger charge is -2.20. The van der Waals surface area contributed by atoms with Crippen LogP contribution in [0.15, 0.2) is 0 Å². The van der Waals surface area contributed by atoms with Gasteiger partial charge in [0, 0.05) is 26.1 Å². The molecule has 0 rings (SSSR count). The van der Waals surface area contributed by atoms with E-state index in [4.69, 9.17) is 10.2 Å². The average molecular weight is 268 g/mol. The summed E-state index contributed by atoms with van der Waals surface area (Å²) in [7, 11) is -3.22. The van der Waals surface area contributed by atoms with Crippen LogP contribution < -0.4 is 4.72 Å². The maximum absolute atomic E-state index is 11.6. The van der Waals surface area contributed by atoms with Gasteiger partial charge in [0.05, 0.1) is 19.5 Å². The van der Waals surface area contributed by atoms with Crippen molar-refractivity contribution in [2.24, 2.45) is 0 Å². The molecule has 8 heteroatoms. The molecule has 17 heavy (non-hydrogen) atoms. The molecule has 0 atom stereocenters. The Hall–Kier alpha value is -0.700. The molecule has 0 spiro atoms. The third kappa shape index (κ3) is 9.04. The van der Waals surface area contributed by atoms with Crippen LogP contribution >= 0.6 is 0 Å². The summed E-state index contributed by atoms with van der Waals surface area (Å²) in [6.45, 7) is 0.245. The van der Waals surface area contributed by atoms with Gasteiger partial charge in [-0.3, -0.25) is 4.79 Å². The molecular weight excluding hydrogens is 248 g/mol. The Morgan fingerprint density at radius 2 is 1.76 bits per heavy atom. The normalized spacial score (nSPS) is 11.5. The van der Waals surface area contributed by atoms with E-state index in [1.54, 1.807) is 0 Å². The van der Waals surface area contributed by atoms with Crippen LogP contribution in [0.25, 0.3) is 0 Å². The molecule has 102 valence electrons. The molecule has 0 aromatic heterocycles. The topological polar surface area (TPSA) is 107 Å². The van der Waals surface area contributed by atoms with Gasteiger partial charge < -0.3 is 15.1 Å². The summed E-state index contributed by atoms with van der Waals surface area (Å²) in [5.74, 6) is -0.205. The maximum atomic E-state index is 11.6. The van der Waals surface area contributed by atoms with Gasteiger partial charge in [0.1, 0.15) is 0 Å². The summed E-state index contributed by atoms with van der Waals surface area (Å²) in [5, 5.41) is 17.4. The van der Waals surface area contributed by atoms with Gasteiger partial charge in [0.15, 0.2) is 0 Å². The second kappa shape index (κ2) is 8.40. The van der Waals surface area contributed by atoms with E-state index in [-0.39, 0.29) is 45.2 Å². The van der Waals surface area contributed by atoms with Crippen LogP contribution in [0.5, 0.6) is 0 Å². The highest BCUT2D eigenvalue weighted by molar-refractivity contribution is 7.88. The summed E-state index contributed by atoms with van der Waals surface area (Å²) in [5.41, 5.74) is 0. The average Bonchev–Trinajstić information content (AvgIpc) is 2.22. The minimum absolute atomic E-state index is 0.159. The number of amides is 1. The quantitative estimate of drug-likeness (QED) is 0.425. The van der Waals surface area contributed by atoms with Gasteiger partial charge in [-0.1, -0.05) is 0 Å². The highest BCUT2D eigenvalue weighted by Crippen LogP contribution is 1.97. The number of carbonyl (C=O) groups is 1. The predicted molar refractivity (Wildman–Crippen MR) is 62.8 cm³/mol. The third-order valence-corrected chi connectivity index (χ3v) is 2.75. The smallest absolute Gasteiger partial charge is 0.222 e. The molecule has 0 aliphatic heterocycles. The van der Waals surface area contributed by atoms with E-state index in [1.165, 1.54) is 4.90 Å². The first-order valence-electron chi connectivity index (χ1n) is 5.35. The lowest BCUT2D eigenvalue weighted by molar-refractivity contribution is -0.132. The number of hydrogen-bond acceptors (Lipinski definition) is 5. The van der Waals surface area contributed by atoms with Crippen LogP contribution in [0.3, 0.4) is 0 Å². The van der Waals surface area contributed by atoms with E-state index < -0.39 is 10.0 Å². The molecule has 0 radical (unpaired) electrons. The predicted octanol–water partition coefficient (Wildman–Crippen LogP) is -1.87. The van der Waals surface area contributed by atoms with Crippen molar-refractivity contribution in [1.29, 1.82) is 0 Å². The fraction of sp³-hybridized carbons (Fsp3) is 0.889. The van der Waals surface area contributed by atoms with Crippen LogP contribution in [0, 0.1) is 0 Å². The molecule has 1 amide bonds. The van der Waals surface area contributed by atoms with Crippen LogP contribution in [-0.2, 0) is 14.8 Å². The Bertz CT molecular complexity index is 311. The largest absolute Gasteiger partial charge is 0.395 e. The molecule has 0 fully saturated rings. The lowest BCUT2D eigenvalue weighted by Crippen LogP contribution is -2.36. The standard InChI is InChI=1S/C9H20N2O5S/c1-17(15,16)10-4-2-3-9(14)11(5-7-12)6-8-13/h10,12-13H,2-8H2,1H3. The van der Waals surface area contributed by atoms with Gasteiger partial charge in [-0.15, -0.1) is 0 Å².